The number of carbonyl (C=O) groups is 1. The predicted octanol–water partition coefficient (Wildman–Crippen LogP) is 4.31. The van der Waals surface area contributed by atoms with Gasteiger partial charge in [-0.3, -0.25) is 9.59 Å². The van der Waals surface area contributed by atoms with Gasteiger partial charge in [-0.25, -0.2) is 4.98 Å². The second-order valence-corrected chi connectivity index (χ2v) is 7.75. The molecule has 29 heavy (non-hydrogen) atoms. The number of benzene rings is 2. The van der Waals surface area contributed by atoms with Gasteiger partial charge in [-0.1, -0.05) is 41.6 Å². The first-order chi connectivity index (χ1) is 13.9. The van der Waals surface area contributed by atoms with Crippen LogP contribution in [0.2, 0.25) is 5.02 Å². The molecule has 1 amide bonds. The average Bonchev–Trinajstić information content (AvgIpc) is 2.69. The second-order valence-electron chi connectivity index (χ2n) is 6.35. The average molecular weight is 425 g/mol. The minimum atomic E-state index is -0.551. The maximum absolute atomic E-state index is 12.3. The Morgan fingerprint density at radius 3 is 2.59 bits per heavy atom. The third-order valence-corrected chi connectivity index (χ3v) is 5.38. The molecule has 0 atom stereocenters. The van der Waals surface area contributed by atoms with Gasteiger partial charge in [0, 0.05) is 16.3 Å². The van der Waals surface area contributed by atoms with Gasteiger partial charge in [-0.05, 0) is 49.2 Å². The van der Waals surface area contributed by atoms with Crippen molar-refractivity contribution in [1.82, 2.24) is 9.97 Å². The molecule has 3 aromatic rings. The third-order valence-electron chi connectivity index (χ3n) is 4.26. The molecule has 0 radical (unpaired) electrons. The van der Waals surface area contributed by atoms with Gasteiger partial charge in [-0.2, -0.15) is 5.26 Å². The lowest BCUT2D eigenvalue weighted by Crippen LogP contribution is -2.17. The number of H-pyrrole nitrogens is 1. The Bertz CT molecular complexity index is 1170. The molecule has 0 unspecified atom stereocenters. The minimum Gasteiger partial charge on any atom is -0.325 e. The number of hydrogen-bond donors (Lipinski definition) is 2. The molecule has 0 fully saturated rings. The van der Waals surface area contributed by atoms with Gasteiger partial charge in [0.25, 0.3) is 5.56 Å². The zero-order chi connectivity index (χ0) is 21.0. The van der Waals surface area contributed by atoms with E-state index in [4.69, 9.17) is 11.6 Å². The highest BCUT2D eigenvalue weighted by atomic mass is 35.5. The van der Waals surface area contributed by atoms with Crippen molar-refractivity contribution in [2.24, 2.45) is 0 Å². The summed E-state index contributed by atoms with van der Waals surface area (Å²) in [5.74, 6) is -0.166. The zero-order valence-corrected chi connectivity index (χ0v) is 17.3. The zero-order valence-electron chi connectivity index (χ0n) is 15.7. The largest absolute Gasteiger partial charge is 0.325 e. The Balaban J connectivity index is 1.78. The van der Waals surface area contributed by atoms with Crippen molar-refractivity contribution in [1.29, 1.82) is 5.26 Å². The van der Waals surface area contributed by atoms with E-state index in [2.05, 4.69) is 15.3 Å². The van der Waals surface area contributed by atoms with Crippen molar-refractivity contribution in [2.75, 3.05) is 11.1 Å². The first-order valence-corrected chi connectivity index (χ1v) is 10.0. The number of halogens is 1. The van der Waals surface area contributed by atoms with E-state index in [9.17, 15) is 14.9 Å². The summed E-state index contributed by atoms with van der Waals surface area (Å²) in [7, 11) is 0. The van der Waals surface area contributed by atoms with Gasteiger partial charge in [0.05, 0.1) is 11.4 Å². The number of aromatic nitrogens is 2. The van der Waals surface area contributed by atoms with E-state index in [0.29, 0.717) is 16.3 Å². The fourth-order valence-corrected chi connectivity index (χ4v) is 3.38. The molecule has 6 nitrogen and oxygen atoms in total. The van der Waals surface area contributed by atoms with E-state index in [-0.39, 0.29) is 28.1 Å². The molecule has 3 rings (SSSR count). The predicted molar refractivity (Wildman–Crippen MR) is 115 cm³/mol. The molecule has 2 aromatic carbocycles. The number of aryl methyl sites for hydroxylation is 2. The van der Waals surface area contributed by atoms with Crippen LogP contribution in [0.1, 0.15) is 16.7 Å². The molecule has 8 heteroatoms. The van der Waals surface area contributed by atoms with Gasteiger partial charge in [0.2, 0.25) is 5.91 Å². The number of nitriles is 1. The van der Waals surface area contributed by atoms with Crippen molar-refractivity contribution < 1.29 is 4.79 Å². The molecule has 1 heterocycles. The number of thioether (sulfide) groups is 1. The Hall–Kier alpha value is -3.08. The Kier molecular flexibility index (Phi) is 6.37. The van der Waals surface area contributed by atoms with Gasteiger partial charge >= 0.3 is 0 Å². The Morgan fingerprint density at radius 2 is 1.93 bits per heavy atom. The van der Waals surface area contributed by atoms with Crippen LogP contribution in [0.25, 0.3) is 11.3 Å². The molecule has 0 aliphatic heterocycles. The summed E-state index contributed by atoms with van der Waals surface area (Å²) in [5.41, 5.74) is 3.15. The van der Waals surface area contributed by atoms with Crippen LogP contribution in [0.15, 0.2) is 52.4 Å². The van der Waals surface area contributed by atoms with E-state index in [1.54, 1.807) is 24.3 Å². The van der Waals surface area contributed by atoms with Crippen LogP contribution in [0.3, 0.4) is 0 Å². The molecular formula is C21H17ClN4O2S. The van der Waals surface area contributed by atoms with E-state index >= 15 is 0 Å². The van der Waals surface area contributed by atoms with Gasteiger partial charge in [-0.15, -0.1) is 0 Å². The number of nitrogens with one attached hydrogen (secondary N) is 2. The number of nitrogens with zero attached hydrogens (tertiary/aromatic N) is 2. The normalized spacial score (nSPS) is 10.4. The molecule has 0 aliphatic rings. The lowest BCUT2D eigenvalue weighted by molar-refractivity contribution is -0.113. The molecule has 2 N–H and O–H groups in total. The van der Waals surface area contributed by atoms with E-state index in [0.717, 1.165) is 22.9 Å². The number of carbonyl (C=O) groups excluding carboxylic acids is 1. The summed E-state index contributed by atoms with van der Waals surface area (Å²) in [5, 5.41) is 12.9. The fraction of sp³-hybridized carbons (Fsp3) is 0.143. The van der Waals surface area contributed by atoms with E-state index in [1.807, 2.05) is 38.1 Å². The molecule has 0 saturated heterocycles. The van der Waals surface area contributed by atoms with Crippen LogP contribution in [-0.2, 0) is 4.79 Å². The second kappa shape index (κ2) is 8.95. The quantitative estimate of drug-likeness (QED) is 0.469. The van der Waals surface area contributed by atoms with E-state index in [1.165, 1.54) is 0 Å². The smallest absolute Gasteiger partial charge is 0.270 e. The highest BCUT2D eigenvalue weighted by molar-refractivity contribution is 7.99. The van der Waals surface area contributed by atoms with Crippen LogP contribution in [0, 0.1) is 25.2 Å². The number of aromatic amines is 1. The number of anilines is 1. The standard InChI is InChI=1S/C21H17ClN4O2S/c1-12-3-8-16(9-13(12)2)24-18(27)11-29-21-25-19(17(10-23)20(28)26-21)14-4-6-15(22)7-5-14/h3-9H,11H2,1-2H3,(H,24,27)(H,25,26,28). The number of hydrogen-bond acceptors (Lipinski definition) is 5. The van der Waals surface area contributed by atoms with Crippen LogP contribution in [0.4, 0.5) is 5.69 Å². The molecule has 0 saturated carbocycles. The minimum absolute atomic E-state index is 0.0574. The first kappa shape index (κ1) is 20.6. The van der Waals surface area contributed by atoms with Crippen LogP contribution in [0.5, 0.6) is 0 Å². The topological polar surface area (TPSA) is 98.6 Å². The number of rotatable bonds is 5. The molecule has 0 aliphatic carbocycles. The SMILES string of the molecule is Cc1ccc(NC(=O)CSc2nc(-c3ccc(Cl)cc3)c(C#N)c(=O)[nH]2)cc1C. The van der Waals surface area contributed by atoms with Crippen molar-refractivity contribution in [3.05, 3.63) is 74.5 Å². The lowest BCUT2D eigenvalue weighted by Gasteiger charge is -2.08. The maximum atomic E-state index is 12.3. The van der Waals surface area contributed by atoms with Crippen molar-refractivity contribution >= 4 is 35.0 Å². The number of amides is 1. The van der Waals surface area contributed by atoms with Gasteiger partial charge in [0.15, 0.2) is 5.16 Å². The Labute approximate surface area is 177 Å². The molecule has 1 aromatic heterocycles. The monoisotopic (exact) mass is 424 g/mol. The summed E-state index contributed by atoms with van der Waals surface area (Å²) in [6.45, 7) is 3.98. The summed E-state index contributed by atoms with van der Waals surface area (Å²) in [6, 6.07) is 14.3. The van der Waals surface area contributed by atoms with Crippen molar-refractivity contribution in [3.8, 4) is 17.3 Å². The third kappa shape index (κ3) is 5.05. The highest BCUT2D eigenvalue weighted by Crippen LogP contribution is 2.24. The summed E-state index contributed by atoms with van der Waals surface area (Å²) < 4.78 is 0. The maximum Gasteiger partial charge on any atom is 0.270 e. The highest BCUT2D eigenvalue weighted by Gasteiger charge is 2.14. The van der Waals surface area contributed by atoms with Gasteiger partial charge in [0.1, 0.15) is 11.6 Å². The van der Waals surface area contributed by atoms with Crippen LogP contribution in [-0.4, -0.2) is 21.6 Å². The van der Waals surface area contributed by atoms with Crippen LogP contribution >= 0.6 is 23.4 Å². The molecule has 0 bridgehead atoms. The molecule has 0 spiro atoms. The van der Waals surface area contributed by atoms with Crippen molar-refractivity contribution in [2.45, 2.75) is 19.0 Å². The van der Waals surface area contributed by atoms with Crippen molar-refractivity contribution in [3.63, 3.8) is 0 Å². The van der Waals surface area contributed by atoms with Gasteiger partial charge < -0.3 is 10.3 Å². The summed E-state index contributed by atoms with van der Waals surface area (Å²) >= 11 is 6.99. The van der Waals surface area contributed by atoms with E-state index < -0.39 is 5.56 Å². The van der Waals surface area contributed by atoms with Crippen LogP contribution < -0.4 is 10.9 Å². The fourth-order valence-electron chi connectivity index (χ4n) is 2.59. The molecule has 146 valence electrons. The first-order valence-electron chi connectivity index (χ1n) is 8.67. The Morgan fingerprint density at radius 1 is 1.21 bits per heavy atom. The summed E-state index contributed by atoms with van der Waals surface area (Å²) in [4.78, 5) is 31.5. The summed E-state index contributed by atoms with van der Waals surface area (Å²) in [6.07, 6.45) is 0. The molecular weight excluding hydrogens is 408 g/mol. The lowest BCUT2D eigenvalue weighted by atomic mass is 10.1.